The van der Waals surface area contributed by atoms with Crippen LogP contribution in [0.1, 0.15) is 18.1 Å². The van der Waals surface area contributed by atoms with Gasteiger partial charge >= 0.3 is 0 Å². The fraction of sp³-hybridized carbons (Fsp3) is 0.458. The Kier molecular flexibility index (Phi) is 7.71. The van der Waals surface area contributed by atoms with Crippen LogP contribution in [-0.4, -0.2) is 74.1 Å². The van der Waals surface area contributed by atoms with Crippen molar-refractivity contribution in [2.45, 2.75) is 26.1 Å². The average Bonchev–Trinajstić information content (AvgIpc) is 2.79. The number of benzene rings is 2. The van der Waals surface area contributed by atoms with E-state index in [1.807, 2.05) is 55.3 Å². The summed E-state index contributed by atoms with van der Waals surface area (Å²) in [6.45, 7) is 7.05. The quantitative estimate of drug-likeness (QED) is 0.668. The second kappa shape index (κ2) is 10.5. The molecular formula is C24H33N3O3. The summed E-state index contributed by atoms with van der Waals surface area (Å²) in [6, 6.07) is 15.9. The van der Waals surface area contributed by atoms with Crippen LogP contribution in [0, 0.1) is 0 Å². The SMILES string of the molecule is COc1ccc(OC)c(CN2CCN(C(C)C(=O)N(C)Cc3ccccc3)CC2)c1. The normalized spacial score (nSPS) is 16.1. The minimum Gasteiger partial charge on any atom is -0.497 e. The molecule has 1 amide bonds. The molecular weight excluding hydrogens is 378 g/mol. The number of likely N-dealkylation sites (N-methyl/N-ethyl adjacent to an activating group) is 1. The Hall–Kier alpha value is -2.57. The first kappa shape index (κ1) is 22.1. The summed E-state index contributed by atoms with van der Waals surface area (Å²) in [5.41, 5.74) is 2.27. The van der Waals surface area contributed by atoms with Gasteiger partial charge in [0, 0.05) is 51.9 Å². The smallest absolute Gasteiger partial charge is 0.239 e. The number of carbonyl (C=O) groups is 1. The van der Waals surface area contributed by atoms with Gasteiger partial charge in [0.05, 0.1) is 20.3 Å². The highest BCUT2D eigenvalue weighted by Gasteiger charge is 2.27. The lowest BCUT2D eigenvalue weighted by Crippen LogP contribution is -2.53. The van der Waals surface area contributed by atoms with Gasteiger partial charge in [-0.2, -0.15) is 0 Å². The van der Waals surface area contributed by atoms with Gasteiger partial charge in [-0.1, -0.05) is 30.3 Å². The maximum Gasteiger partial charge on any atom is 0.239 e. The predicted octanol–water partition coefficient (Wildman–Crippen LogP) is 2.87. The number of hydrogen-bond acceptors (Lipinski definition) is 5. The molecule has 0 aromatic heterocycles. The van der Waals surface area contributed by atoms with Gasteiger partial charge < -0.3 is 14.4 Å². The van der Waals surface area contributed by atoms with E-state index in [2.05, 4.69) is 21.9 Å². The zero-order chi connectivity index (χ0) is 21.5. The van der Waals surface area contributed by atoms with E-state index >= 15 is 0 Å². The first-order chi connectivity index (χ1) is 14.5. The minimum atomic E-state index is -0.118. The summed E-state index contributed by atoms with van der Waals surface area (Å²) in [7, 11) is 5.26. The summed E-state index contributed by atoms with van der Waals surface area (Å²) >= 11 is 0. The van der Waals surface area contributed by atoms with E-state index in [1.54, 1.807) is 14.2 Å². The highest BCUT2D eigenvalue weighted by molar-refractivity contribution is 5.81. The van der Waals surface area contributed by atoms with Crippen LogP contribution in [0.2, 0.25) is 0 Å². The van der Waals surface area contributed by atoms with E-state index in [1.165, 1.54) is 0 Å². The van der Waals surface area contributed by atoms with Gasteiger partial charge in [-0.25, -0.2) is 0 Å². The maximum atomic E-state index is 12.9. The van der Waals surface area contributed by atoms with Gasteiger partial charge in [0.1, 0.15) is 11.5 Å². The molecule has 0 saturated carbocycles. The van der Waals surface area contributed by atoms with Crippen LogP contribution in [0.4, 0.5) is 0 Å². The number of carbonyl (C=O) groups excluding carboxylic acids is 1. The van der Waals surface area contributed by atoms with Crippen molar-refractivity contribution in [1.29, 1.82) is 0 Å². The van der Waals surface area contributed by atoms with Crippen molar-refractivity contribution in [3.63, 3.8) is 0 Å². The molecule has 1 unspecified atom stereocenters. The first-order valence-corrected chi connectivity index (χ1v) is 10.5. The standard InChI is InChI=1S/C24H33N3O3/c1-19(24(28)25(2)17-20-8-6-5-7-9-20)27-14-12-26(13-15-27)18-21-16-22(29-3)10-11-23(21)30-4/h5-11,16,19H,12-15,17-18H2,1-4H3. The summed E-state index contributed by atoms with van der Waals surface area (Å²) in [5, 5.41) is 0. The molecule has 1 heterocycles. The van der Waals surface area contributed by atoms with E-state index in [9.17, 15) is 4.79 Å². The van der Waals surface area contributed by atoms with Crippen molar-refractivity contribution in [1.82, 2.24) is 14.7 Å². The molecule has 0 radical (unpaired) electrons. The van der Waals surface area contributed by atoms with E-state index in [0.717, 1.165) is 55.3 Å². The zero-order valence-corrected chi connectivity index (χ0v) is 18.5. The van der Waals surface area contributed by atoms with Crippen LogP contribution in [0.5, 0.6) is 11.5 Å². The van der Waals surface area contributed by atoms with Crippen LogP contribution >= 0.6 is 0 Å². The van der Waals surface area contributed by atoms with E-state index < -0.39 is 0 Å². The van der Waals surface area contributed by atoms with Gasteiger partial charge in [0.25, 0.3) is 0 Å². The molecule has 30 heavy (non-hydrogen) atoms. The van der Waals surface area contributed by atoms with Gasteiger partial charge in [0.15, 0.2) is 0 Å². The Morgan fingerprint density at radius 1 is 1.03 bits per heavy atom. The third kappa shape index (κ3) is 5.52. The average molecular weight is 412 g/mol. The summed E-state index contributed by atoms with van der Waals surface area (Å²) in [4.78, 5) is 19.4. The molecule has 0 aliphatic carbocycles. The van der Waals surface area contributed by atoms with Crippen LogP contribution in [0.25, 0.3) is 0 Å². The lowest BCUT2D eigenvalue weighted by molar-refractivity contribution is -0.136. The van der Waals surface area contributed by atoms with Gasteiger partial charge in [-0.15, -0.1) is 0 Å². The minimum absolute atomic E-state index is 0.118. The Balaban J connectivity index is 1.53. The molecule has 2 aromatic rings. The number of amides is 1. The third-order valence-electron chi connectivity index (χ3n) is 5.83. The van der Waals surface area contributed by atoms with E-state index in [-0.39, 0.29) is 11.9 Å². The molecule has 2 aromatic carbocycles. The monoisotopic (exact) mass is 411 g/mol. The number of piperazine rings is 1. The number of hydrogen-bond donors (Lipinski definition) is 0. The summed E-state index contributed by atoms with van der Waals surface area (Å²) in [6.07, 6.45) is 0. The number of rotatable bonds is 8. The summed E-state index contributed by atoms with van der Waals surface area (Å²) < 4.78 is 10.9. The van der Waals surface area contributed by atoms with Crippen LogP contribution in [0.15, 0.2) is 48.5 Å². The molecule has 6 heteroatoms. The highest BCUT2D eigenvalue weighted by Crippen LogP contribution is 2.25. The van der Waals surface area contributed by atoms with Gasteiger partial charge in [-0.3, -0.25) is 14.6 Å². The molecule has 1 atom stereocenters. The molecule has 0 N–H and O–H groups in total. The first-order valence-electron chi connectivity index (χ1n) is 10.5. The molecule has 1 saturated heterocycles. The Morgan fingerprint density at radius 2 is 1.73 bits per heavy atom. The Bertz CT molecular complexity index is 820. The lowest BCUT2D eigenvalue weighted by atomic mass is 10.1. The van der Waals surface area contributed by atoms with Crippen LogP contribution in [-0.2, 0) is 17.9 Å². The van der Waals surface area contributed by atoms with Gasteiger partial charge in [-0.05, 0) is 30.7 Å². The molecule has 0 spiro atoms. The molecule has 162 valence electrons. The number of methoxy groups -OCH3 is 2. The zero-order valence-electron chi connectivity index (χ0n) is 18.5. The van der Waals surface area contributed by atoms with Crippen molar-refractivity contribution in [2.24, 2.45) is 0 Å². The fourth-order valence-corrected chi connectivity index (χ4v) is 3.97. The largest absolute Gasteiger partial charge is 0.497 e. The van der Waals surface area contributed by atoms with Crippen LogP contribution in [0.3, 0.4) is 0 Å². The summed E-state index contributed by atoms with van der Waals surface area (Å²) in [5.74, 6) is 1.89. The molecule has 1 aliphatic rings. The molecule has 6 nitrogen and oxygen atoms in total. The van der Waals surface area contributed by atoms with Crippen LogP contribution < -0.4 is 9.47 Å². The Labute approximate surface area is 180 Å². The Morgan fingerprint density at radius 3 is 2.37 bits per heavy atom. The van der Waals surface area contributed by atoms with E-state index in [0.29, 0.717) is 6.54 Å². The lowest BCUT2D eigenvalue weighted by Gasteiger charge is -2.38. The van der Waals surface area contributed by atoms with Crippen molar-refractivity contribution in [3.05, 3.63) is 59.7 Å². The van der Waals surface area contributed by atoms with Gasteiger partial charge in [0.2, 0.25) is 5.91 Å². The molecule has 1 fully saturated rings. The number of nitrogens with zero attached hydrogens (tertiary/aromatic N) is 3. The van der Waals surface area contributed by atoms with E-state index in [4.69, 9.17) is 9.47 Å². The van der Waals surface area contributed by atoms with Crippen molar-refractivity contribution >= 4 is 5.91 Å². The number of ether oxygens (including phenoxy) is 2. The second-order valence-electron chi connectivity index (χ2n) is 7.85. The van der Waals surface area contributed by atoms with Crippen molar-refractivity contribution in [3.8, 4) is 11.5 Å². The van der Waals surface area contributed by atoms with Crippen molar-refractivity contribution in [2.75, 3.05) is 47.4 Å². The van der Waals surface area contributed by atoms with Crippen molar-refractivity contribution < 1.29 is 14.3 Å². The highest BCUT2D eigenvalue weighted by atomic mass is 16.5. The molecule has 3 rings (SSSR count). The molecule has 0 bridgehead atoms. The fourth-order valence-electron chi connectivity index (χ4n) is 3.97. The maximum absolute atomic E-state index is 12.9. The second-order valence-corrected chi connectivity index (χ2v) is 7.85. The molecule has 1 aliphatic heterocycles. The topological polar surface area (TPSA) is 45.3 Å². The third-order valence-corrected chi connectivity index (χ3v) is 5.83. The predicted molar refractivity (Wildman–Crippen MR) is 119 cm³/mol.